The van der Waals surface area contributed by atoms with Gasteiger partial charge in [0.25, 0.3) is 0 Å². The van der Waals surface area contributed by atoms with Crippen LogP contribution in [-0.4, -0.2) is 46.8 Å². The molecule has 2 aromatic rings. The number of anilines is 1. The van der Waals surface area contributed by atoms with Crippen LogP contribution in [0.1, 0.15) is 56.8 Å². The predicted molar refractivity (Wildman–Crippen MR) is 145 cm³/mol. The van der Waals surface area contributed by atoms with Gasteiger partial charge in [-0.3, -0.25) is 14.4 Å². The second-order valence-corrected chi connectivity index (χ2v) is 11.0. The molecule has 0 bridgehead atoms. The fourth-order valence-electron chi connectivity index (χ4n) is 5.57. The fourth-order valence-corrected chi connectivity index (χ4v) is 5.57. The van der Waals surface area contributed by atoms with Crippen LogP contribution in [0, 0.1) is 11.8 Å². The number of hydrogen-bond donors (Lipinski definition) is 4. The smallest absolute Gasteiger partial charge is 0.316 e. The van der Waals surface area contributed by atoms with E-state index in [0.29, 0.717) is 30.5 Å². The lowest BCUT2D eigenvalue weighted by atomic mass is 9.88. The number of amides is 5. The highest BCUT2D eigenvalue weighted by Crippen LogP contribution is 2.35. The number of nitrogens with zero attached hydrogens (tertiary/aromatic N) is 1. The number of nitrogens with two attached hydrogens (primary N) is 1. The van der Waals surface area contributed by atoms with Gasteiger partial charge in [-0.15, -0.1) is 0 Å². The summed E-state index contributed by atoms with van der Waals surface area (Å²) in [6.45, 7) is 7.68. The van der Waals surface area contributed by atoms with Crippen molar-refractivity contribution in [1.82, 2.24) is 15.5 Å². The number of hydrogen-bond acceptors (Lipinski definition) is 4. The summed E-state index contributed by atoms with van der Waals surface area (Å²) < 4.78 is 0. The van der Waals surface area contributed by atoms with Gasteiger partial charge in [0.1, 0.15) is 18.1 Å². The van der Waals surface area contributed by atoms with Gasteiger partial charge in [-0.25, -0.2) is 4.79 Å². The molecule has 0 aromatic heterocycles. The summed E-state index contributed by atoms with van der Waals surface area (Å²) in [5.74, 6) is -0.836. The Labute approximate surface area is 223 Å². The van der Waals surface area contributed by atoms with Gasteiger partial charge in [0.2, 0.25) is 17.7 Å². The van der Waals surface area contributed by atoms with E-state index in [1.54, 1.807) is 24.3 Å². The topological polar surface area (TPSA) is 134 Å². The van der Waals surface area contributed by atoms with Gasteiger partial charge in [0, 0.05) is 11.7 Å². The molecule has 5 amide bonds. The molecular formula is C29H37N5O4. The number of piperazine rings is 1. The van der Waals surface area contributed by atoms with E-state index in [1.807, 2.05) is 39.8 Å². The highest BCUT2D eigenvalue weighted by atomic mass is 16.2. The Kier molecular flexibility index (Phi) is 8.04. The average Bonchev–Trinajstić information content (AvgIpc) is 3.27. The van der Waals surface area contributed by atoms with Crippen molar-refractivity contribution in [2.75, 3.05) is 5.32 Å². The van der Waals surface area contributed by atoms with Crippen molar-refractivity contribution in [2.24, 2.45) is 17.6 Å². The van der Waals surface area contributed by atoms with Crippen LogP contribution in [0.15, 0.2) is 48.5 Å². The fraction of sp³-hybridized carbons (Fsp3) is 0.448. The second kappa shape index (κ2) is 11.2. The SMILES string of the molecule is CC(C)C[C@@H]1C(=O)N[C@H](C2Cc3ccccc3C2)C(=O)N1[C@@H](C(=O)NC(C)C)c1ccc(NC(N)=O)cc1. The van der Waals surface area contributed by atoms with Crippen LogP contribution in [0.4, 0.5) is 10.5 Å². The van der Waals surface area contributed by atoms with Crippen LogP contribution in [0.2, 0.25) is 0 Å². The third kappa shape index (κ3) is 5.82. The van der Waals surface area contributed by atoms with Crippen molar-refractivity contribution in [3.05, 3.63) is 65.2 Å². The quantitative estimate of drug-likeness (QED) is 0.427. The molecule has 5 N–H and O–H groups in total. The van der Waals surface area contributed by atoms with Gasteiger partial charge >= 0.3 is 6.03 Å². The summed E-state index contributed by atoms with van der Waals surface area (Å²) in [7, 11) is 0. The zero-order valence-electron chi connectivity index (χ0n) is 22.4. The molecule has 2 aliphatic rings. The monoisotopic (exact) mass is 519 g/mol. The van der Waals surface area contributed by atoms with Gasteiger partial charge in [-0.05, 0) is 73.8 Å². The van der Waals surface area contributed by atoms with E-state index in [4.69, 9.17) is 5.73 Å². The van der Waals surface area contributed by atoms with Crippen LogP contribution in [0.5, 0.6) is 0 Å². The third-order valence-corrected chi connectivity index (χ3v) is 7.16. The number of nitrogens with one attached hydrogen (secondary N) is 3. The lowest BCUT2D eigenvalue weighted by Crippen LogP contribution is -2.67. The molecule has 4 rings (SSSR count). The molecule has 9 heteroatoms. The van der Waals surface area contributed by atoms with Gasteiger partial charge in [-0.2, -0.15) is 0 Å². The first kappa shape index (κ1) is 27.2. The van der Waals surface area contributed by atoms with Crippen LogP contribution < -0.4 is 21.7 Å². The standard InChI is InChI=1S/C29H37N5O4/c1-16(2)13-23-26(35)33-24(21-14-19-7-5-6-8-20(19)15-21)28(37)34(23)25(27(36)31-17(3)4)18-9-11-22(12-10-18)32-29(30)38/h5-12,16-17,21,23-25H,13-15H2,1-4H3,(H,31,36)(H,33,35)(H3,30,32,38)/t23-,24-,25-/m1/s1. The molecule has 1 fully saturated rings. The normalized spacial score (nSPS) is 20.3. The minimum absolute atomic E-state index is 0.0951. The van der Waals surface area contributed by atoms with Crippen LogP contribution in [-0.2, 0) is 27.2 Å². The maximum Gasteiger partial charge on any atom is 0.316 e. The molecule has 1 aliphatic heterocycles. The molecule has 38 heavy (non-hydrogen) atoms. The predicted octanol–water partition coefficient (Wildman–Crippen LogP) is 2.90. The lowest BCUT2D eigenvalue weighted by Gasteiger charge is -2.45. The molecular weight excluding hydrogens is 482 g/mol. The Balaban J connectivity index is 1.74. The molecule has 3 atom stereocenters. The van der Waals surface area contributed by atoms with Crippen LogP contribution in [0.3, 0.4) is 0 Å². The number of primary amides is 1. The minimum Gasteiger partial charge on any atom is -0.352 e. The number of carbonyl (C=O) groups excluding carboxylic acids is 4. The molecule has 1 heterocycles. The zero-order chi connectivity index (χ0) is 27.6. The Morgan fingerprint density at radius 1 is 1.00 bits per heavy atom. The summed E-state index contributed by atoms with van der Waals surface area (Å²) in [4.78, 5) is 54.3. The lowest BCUT2D eigenvalue weighted by molar-refractivity contribution is -0.158. The first-order chi connectivity index (χ1) is 18.0. The molecule has 2 aromatic carbocycles. The van der Waals surface area contributed by atoms with Crippen molar-refractivity contribution in [3.8, 4) is 0 Å². The van der Waals surface area contributed by atoms with Crippen molar-refractivity contribution in [3.63, 3.8) is 0 Å². The molecule has 0 saturated carbocycles. The van der Waals surface area contributed by atoms with E-state index in [-0.39, 0.29) is 35.6 Å². The zero-order valence-corrected chi connectivity index (χ0v) is 22.4. The molecule has 0 radical (unpaired) electrons. The molecule has 9 nitrogen and oxygen atoms in total. The van der Waals surface area contributed by atoms with E-state index in [0.717, 1.165) is 0 Å². The van der Waals surface area contributed by atoms with E-state index in [1.165, 1.54) is 16.0 Å². The molecule has 1 aliphatic carbocycles. The van der Waals surface area contributed by atoms with Crippen LogP contribution >= 0.6 is 0 Å². The Hall–Kier alpha value is -3.88. The summed E-state index contributed by atoms with van der Waals surface area (Å²) in [6.07, 6.45) is 1.79. The highest BCUT2D eigenvalue weighted by Gasteiger charge is 2.49. The highest BCUT2D eigenvalue weighted by molar-refractivity contribution is 6.00. The Morgan fingerprint density at radius 3 is 2.13 bits per heavy atom. The summed E-state index contributed by atoms with van der Waals surface area (Å²) in [5.41, 5.74) is 8.61. The van der Waals surface area contributed by atoms with E-state index in [2.05, 4.69) is 28.1 Å². The van der Waals surface area contributed by atoms with Crippen molar-refractivity contribution in [1.29, 1.82) is 0 Å². The number of carbonyl (C=O) groups is 4. The maximum absolute atomic E-state index is 14.3. The molecule has 0 unspecified atom stereocenters. The van der Waals surface area contributed by atoms with E-state index < -0.39 is 24.2 Å². The van der Waals surface area contributed by atoms with Gasteiger partial charge in [0.15, 0.2) is 0 Å². The first-order valence-corrected chi connectivity index (χ1v) is 13.2. The number of benzene rings is 2. The molecule has 202 valence electrons. The van der Waals surface area contributed by atoms with Crippen LogP contribution in [0.25, 0.3) is 0 Å². The number of urea groups is 1. The number of fused-ring (bicyclic) bond motifs is 1. The van der Waals surface area contributed by atoms with Crippen molar-refractivity contribution >= 4 is 29.4 Å². The largest absolute Gasteiger partial charge is 0.352 e. The first-order valence-electron chi connectivity index (χ1n) is 13.2. The maximum atomic E-state index is 14.3. The third-order valence-electron chi connectivity index (χ3n) is 7.16. The number of rotatable bonds is 8. The van der Waals surface area contributed by atoms with E-state index >= 15 is 0 Å². The van der Waals surface area contributed by atoms with E-state index in [9.17, 15) is 19.2 Å². The van der Waals surface area contributed by atoms with Gasteiger partial charge in [-0.1, -0.05) is 50.2 Å². The summed E-state index contributed by atoms with van der Waals surface area (Å²) >= 11 is 0. The Morgan fingerprint density at radius 2 is 1.61 bits per heavy atom. The van der Waals surface area contributed by atoms with Gasteiger partial charge in [0.05, 0.1) is 0 Å². The minimum atomic E-state index is -1.02. The second-order valence-electron chi connectivity index (χ2n) is 11.0. The Bertz CT molecular complexity index is 1180. The van der Waals surface area contributed by atoms with Crippen molar-refractivity contribution < 1.29 is 19.2 Å². The average molecular weight is 520 g/mol. The molecule has 0 spiro atoms. The van der Waals surface area contributed by atoms with Crippen molar-refractivity contribution in [2.45, 2.75) is 71.1 Å². The summed E-state index contributed by atoms with van der Waals surface area (Å²) in [6, 6.07) is 11.3. The molecule has 1 saturated heterocycles. The summed E-state index contributed by atoms with van der Waals surface area (Å²) in [5, 5.41) is 8.47. The van der Waals surface area contributed by atoms with Gasteiger partial charge < -0.3 is 26.6 Å².